The summed E-state index contributed by atoms with van der Waals surface area (Å²) in [7, 11) is -1.31. The maximum Gasteiger partial charge on any atom is 0.355 e. The maximum absolute atomic E-state index is 13.3. The molecule has 0 bridgehead atoms. The molecule has 9 heteroatoms. The Kier molecular flexibility index (Phi) is 7.86. The van der Waals surface area contributed by atoms with E-state index in [-0.39, 0.29) is 21.9 Å². The zero-order valence-corrected chi connectivity index (χ0v) is 21.1. The maximum atomic E-state index is 13.3. The lowest BCUT2D eigenvalue weighted by Crippen LogP contribution is -2.34. The minimum atomic E-state index is -3.73. The molecule has 0 saturated carbocycles. The highest BCUT2D eigenvalue weighted by atomic mass is 32.2. The molecule has 1 saturated heterocycles. The van der Waals surface area contributed by atoms with Gasteiger partial charge < -0.3 is 19.3 Å². The van der Waals surface area contributed by atoms with Crippen molar-refractivity contribution in [1.82, 2.24) is 0 Å². The number of piperidine rings is 1. The molecule has 1 aromatic carbocycles. The van der Waals surface area contributed by atoms with E-state index in [9.17, 15) is 18.0 Å². The summed E-state index contributed by atoms with van der Waals surface area (Å²) in [5.74, 6) is -1.02. The van der Waals surface area contributed by atoms with Crippen LogP contribution in [-0.4, -0.2) is 52.9 Å². The molecule has 0 spiro atoms. The molecule has 2 heterocycles. The largest absolute Gasteiger partial charge is 0.465 e. The van der Waals surface area contributed by atoms with E-state index in [0.29, 0.717) is 5.92 Å². The van der Waals surface area contributed by atoms with Crippen LogP contribution in [0.2, 0.25) is 0 Å². The predicted molar refractivity (Wildman–Crippen MR) is 131 cm³/mol. The van der Waals surface area contributed by atoms with Crippen molar-refractivity contribution in [3.8, 4) is 0 Å². The number of carbonyl (C=O) groups excluding carboxylic acids is 2. The van der Waals surface area contributed by atoms with E-state index in [2.05, 4.69) is 11.8 Å². The van der Waals surface area contributed by atoms with E-state index in [0.717, 1.165) is 31.6 Å². The fourth-order valence-electron chi connectivity index (χ4n) is 4.16. The Morgan fingerprint density at radius 3 is 2.41 bits per heavy atom. The topological polar surface area (TPSA) is 93.2 Å². The van der Waals surface area contributed by atoms with Crippen LogP contribution in [0.4, 0.5) is 11.4 Å². The number of sulfone groups is 1. The van der Waals surface area contributed by atoms with Gasteiger partial charge in [-0.3, -0.25) is 0 Å². The Morgan fingerprint density at radius 1 is 1.09 bits per heavy atom. The number of rotatable bonds is 6. The third-order valence-electron chi connectivity index (χ3n) is 6.04. The highest BCUT2D eigenvalue weighted by Gasteiger charge is 2.33. The van der Waals surface area contributed by atoms with E-state index in [1.54, 1.807) is 50.4 Å². The van der Waals surface area contributed by atoms with Crippen LogP contribution in [-0.2, 0) is 28.9 Å². The minimum Gasteiger partial charge on any atom is -0.465 e. The van der Waals surface area contributed by atoms with Crippen LogP contribution < -0.4 is 9.80 Å². The third-order valence-corrected chi connectivity index (χ3v) is 8.24. The standard InChI is InChI=1S/C25H32N2O6S/c1-17(2)34(30,31)22-12-11-19(26-13-8-9-18(3)16-26)15-21(22)27-14-7-6-10-20(24(28)32-4)23(27)25(29)33-5/h6-7,10-12,14-15,17-18H,8-9,13,16H2,1-5H3. The van der Waals surface area contributed by atoms with Crippen molar-refractivity contribution in [3.05, 3.63) is 53.9 Å². The van der Waals surface area contributed by atoms with Crippen molar-refractivity contribution in [2.45, 2.75) is 43.8 Å². The summed E-state index contributed by atoms with van der Waals surface area (Å²) >= 11 is 0. The molecule has 0 aliphatic carbocycles. The fraction of sp³-hybridized carbons (Fsp3) is 0.440. The molecular weight excluding hydrogens is 456 g/mol. The van der Waals surface area contributed by atoms with Gasteiger partial charge in [0.15, 0.2) is 9.84 Å². The van der Waals surface area contributed by atoms with Gasteiger partial charge in [0.2, 0.25) is 0 Å². The lowest BCUT2D eigenvalue weighted by Gasteiger charge is -2.34. The van der Waals surface area contributed by atoms with Crippen LogP contribution >= 0.6 is 0 Å². The van der Waals surface area contributed by atoms with Crippen LogP contribution in [0.3, 0.4) is 0 Å². The van der Waals surface area contributed by atoms with Crippen LogP contribution in [0, 0.1) is 5.92 Å². The third kappa shape index (κ3) is 5.04. The first kappa shape index (κ1) is 25.6. The van der Waals surface area contributed by atoms with Gasteiger partial charge >= 0.3 is 11.9 Å². The van der Waals surface area contributed by atoms with Crippen LogP contribution in [0.1, 0.15) is 33.6 Å². The molecule has 1 fully saturated rings. The number of carbonyl (C=O) groups is 2. The van der Waals surface area contributed by atoms with E-state index < -0.39 is 27.0 Å². The van der Waals surface area contributed by atoms with Crippen molar-refractivity contribution in [3.63, 3.8) is 0 Å². The van der Waals surface area contributed by atoms with Crippen molar-refractivity contribution < 1.29 is 27.5 Å². The molecule has 0 aromatic heterocycles. The van der Waals surface area contributed by atoms with Gasteiger partial charge in [-0.25, -0.2) is 18.0 Å². The van der Waals surface area contributed by atoms with Crippen LogP contribution in [0.25, 0.3) is 0 Å². The van der Waals surface area contributed by atoms with Crippen molar-refractivity contribution >= 4 is 33.2 Å². The van der Waals surface area contributed by atoms with Crippen LogP contribution in [0.15, 0.2) is 58.8 Å². The fourth-order valence-corrected chi connectivity index (χ4v) is 5.37. The monoisotopic (exact) mass is 488 g/mol. The van der Waals surface area contributed by atoms with Gasteiger partial charge in [-0.2, -0.15) is 0 Å². The average molecular weight is 489 g/mol. The zero-order valence-electron chi connectivity index (χ0n) is 20.3. The van der Waals surface area contributed by atoms with E-state index in [1.807, 2.05) is 0 Å². The molecular formula is C25H32N2O6S. The number of hydrogen-bond donors (Lipinski definition) is 0. The number of esters is 2. The molecule has 184 valence electrons. The molecule has 2 aliphatic heterocycles. The van der Waals surface area contributed by atoms with Crippen molar-refractivity contribution in [1.29, 1.82) is 0 Å². The normalized spacial score (nSPS) is 18.8. The van der Waals surface area contributed by atoms with Crippen molar-refractivity contribution in [2.75, 3.05) is 37.1 Å². The van der Waals surface area contributed by atoms with Gasteiger partial charge in [0.1, 0.15) is 5.70 Å². The molecule has 1 atom stereocenters. The Labute approximate surface area is 201 Å². The molecule has 1 aromatic rings. The second-order valence-electron chi connectivity index (χ2n) is 8.76. The zero-order chi connectivity index (χ0) is 25.0. The highest BCUT2D eigenvalue weighted by Crippen LogP contribution is 2.37. The quantitative estimate of drug-likeness (QED) is 0.561. The molecule has 0 radical (unpaired) electrons. The number of allylic oxidation sites excluding steroid dienone is 2. The molecule has 34 heavy (non-hydrogen) atoms. The predicted octanol–water partition coefficient (Wildman–Crippen LogP) is 3.60. The van der Waals surface area contributed by atoms with Crippen molar-refractivity contribution in [2.24, 2.45) is 5.92 Å². The molecule has 3 rings (SSSR count). The Balaban J connectivity index is 2.29. The summed E-state index contributed by atoms with van der Waals surface area (Å²) in [6.45, 7) is 7.10. The van der Waals surface area contributed by atoms with E-state index in [4.69, 9.17) is 9.47 Å². The van der Waals surface area contributed by atoms with Gasteiger partial charge in [-0.15, -0.1) is 0 Å². The Bertz CT molecular complexity index is 1150. The number of anilines is 2. The lowest BCUT2D eigenvalue weighted by molar-refractivity contribution is -0.139. The SMILES string of the molecule is COC(=O)C1=C(C(=O)OC)N(c2cc(N3CCCC(C)C3)ccc2S(=O)(=O)C(C)C)C=CC=C1. The first-order valence-corrected chi connectivity index (χ1v) is 12.8. The number of methoxy groups -OCH3 is 2. The Hall–Kier alpha value is -3.07. The first-order valence-electron chi connectivity index (χ1n) is 11.3. The highest BCUT2D eigenvalue weighted by molar-refractivity contribution is 7.92. The lowest BCUT2D eigenvalue weighted by atomic mass is 9.99. The number of hydrogen-bond acceptors (Lipinski definition) is 8. The summed E-state index contributed by atoms with van der Waals surface area (Å²) < 4.78 is 36.5. The smallest absolute Gasteiger partial charge is 0.355 e. The second-order valence-corrected chi connectivity index (χ2v) is 11.2. The van der Waals surface area contributed by atoms with E-state index >= 15 is 0 Å². The van der Waals surface area contributed by atoms with Gasteiger partial charge in [0.25, 0.3) is 0 Å². The summed E-state index contributed by atoms with van der Waals surface area (Å²) in [6.07, 6.45) is 8.39. The summed E-state index contributed by atoms with van der Waals surface area (Å²) in [5, 5.41) is -0.688. The molecule has 8 nitrogen and oxygen atoms in total. The van der Waals surface area contributed by atoms with Crippen LogP contribution in [0.5, 0.6) is 0 Å². The number of nitrogens with zero attached hydrogens (tertiary/aromatic N) is 2. The molecule has 2 aliphatic rings. The molecule has 0 amide bonds. The van der Waals surface area contributed by atoms with Gasteiger partial charge in [0.05, 0.1) is 35.6 Å². The minimum absolute atomic E-state index is 0.0377. The number of benzene rings is 1. The summed E-state index contributed by atoms with van der Waals surface area (Å²) in [6, 6.07) is 5.15. The molecule has 0 N–H and O–H groups in total. The van der Waals surface area contributed by atoms with Gasteiger partial charge in [0, 0.05) is 25.0 Å². The van der Waals surface area contributed by atoms with Gasteiger partial charge in [-0.1, -0.05) is 13.0 Å². The van der Waals surface area contributed by atoms with E-state index in [1.165, 1.54) is 25.2 Å². The first-order chi connectivity index (χ1) is 16.1. The summed E-state index contributed by atoms with van der Waals surface area (Å²) in [5.41, 5.74) is 0.956. The van der Waals surface area contributed by atoms with Gasteiger partial charge in [-0.05, 0) is 63.0 Å². The summed E-state index contributed by atoms with van der Waals surface area (Å²) in [4.78, 5) is 29.1. The molecule has 1 unspecified atom stereocenters. The number of ether oxygens (including phenoxy) is 2. The Morgan fingerprint density at radius 2 is 1.79 bits per heavy atom. The average Bonchev–Trinajstić information content (AvgIpc) is 3.05. The second kappa shape index (κ2) is 10.5.